The second-order valence-electron chi connectivity index (χ2n) is 8.00. The van der Waals surface area contributed by atoms with Crippen molar-refractivity contribution >= 4 is 11.6 Å². The lowest BCUT2D eigenvalue weighted by atomic mass is 9.89. The number of amides is 1. The topological polar surface area (TPSA) is 35.6 Å². The highest BCUT2D eigenvalue weighted by molar-refractivity contribution is 5.78. The van der Waals surface area contributed by atoms with E-state index in [1.165, 1.54) is 36.9 Å². The van der Waals surface area contributed by atoms with Gasteiger partial charge in [-0.25, -0.2) is 0 Å². The minimum Gasteiger partial charge on any atom is -0.369 e. The summed E-state index contributed by atoms with van der Waals surface area (Å²) in [6, 6.07) is 8.81. The number of nitrogens with one attached hydrogen (secondary N) is 1. The Hall–Kier alpha value is -1.55. The van der Waals surface area contributed by atoms with Gasteiger partial charge in [0.05, 0.1) is 0 Å². The van der Waals surface area contributed by atoms with Gasteiger partial charge in [-0.05, 0) is 56.8 Å². The second kappa shape index (κ2) is 9.96. The monoisotopic (exact) mass is 357 g/mol. The van der Waals surface area contributed by atoms with E-state index < -0.39 is 0 Å². The predicted octanol–water partition coefficient (Wildman–Crippen LogP) is 3.59. The van der Waals surface area contributed by atoms with Gasteiger partial charge in [0, 0.05) is 44.3 Å². The van der Waals surface area contributed by atoms with Crippen molar-refractivity contribution in [3.05, 3.63) is 29.8 Å². The summed E-state index contributed by atoms with van der Waals surface area (Å²) in [5.41, 5.74) is 2.69. The lowest BCUT2D eigenvalue weighted by molar-refractivity contribution is -0.125. The van der Waals surface area contributed by atoms with Crippen LogP contribution >= 0.6 is 0 Å². The number of hydrogen-bond acceptors (Lipinski definition) is 3. The Morgan fingerprint density at radius 1 is 1.08 bits per heavy atom. The molecule has 26 heavy (non-hydrogen) atoms. The van der Waals surface area contributed by atoms with E-state index >= 15 is 0 Å². The summed E-state index contributed by atoms with van der Waals surface area (Å²) in [4.78, 5) is 17.2. The zero-order valence-corrected chi connectivity index (χ0v) is 16.4. The summed E-state index contributed by atoms with van der Waals surface area (Å²) >= 11 is 0. The first-order valence-corrected chi connectivity index (χ1v) is 10.5. The molecule has 0 spiro atoms. The van der Waals surface area contributed by atoms with Crippen LogP contribution in [0, 0.1) is 12.8 Å². The second-order valence-corrected chi connectivity index (χ2v) is 8.00. The molecule has 1 saturated heterocycles. The molecule has 2 fully saturated rings. The fraction of sp³-hybridized carbons (Fsp3) is 0.682. The van der Waals surface area contributed by atoms with Crippen molar-refractivity contribution in [2.75, 3.05) is 44.2 Å². The van der Waals surface area contributed by atoms with Crippen molar-refractivity contribution in [2.24, 2.45) is 5.92 Å². The quantitative estimate of drug-likeness (QED) is 0.758. The SMILES string of the molecule is Cc1cccc(N2CCN(CCCCNC(=O)C3CCCCC3)CC2)c1. The summed E-state index contributed by atoms with van der Waals surface area (Å²) in [6.07, 6.45) is 8.22. The molecule has 144 valence electrons. The summed E-state index contributed by atoms with van der Waals surface area (Å²) in [5, 5.41) is 3.16. The highest BCUT2D eigenvalue weighted by atomic mass is 16.1. The van der Waals surface area contributed by atoms with Gasteiger partial charge >= 0.3 is 0 Å². The Balaban J connectivity index is 1.26. The standard InChI is InChI=1S/C22H35N3O/c1-19-8-7-11-21(18-19)25-16-14-24(15-17-25)13-6-5-12-23-22(26)20-9-3-2-4-10-20/h7-8,11,18,20H,2-6,9-10,12-17H2,1H3,(H,23,26). The number of carbonyl (C=O) groups is 1. The summed E-state index contributed by atoms with van der Waals surface area (Å²) in [7, 11) is 0. The molecule has 1 aliphatic heterocycles. The number of hydrogen-bond donors (Lipinski definition) is 1. The van der Waals surface area contributed by atoms with Gasteiger partial charge in [0.15, 0.2) is 0 Å². The lowest BCUT2D eigenvalue weighted by Crippen LogP contribution is -2.46. The van der Waals surface area contributed by atoms with Crippen LogP contribution < -0.4 is 10.2 Å². The average molecular weight is 358 g/mol. The van der Waals surface area contributed by atoms with E-state index in [0.29, 0.717) is 11.8 Å². The number of benzene rings is 1. The number of aryl methyl sites for hydroxylation is 1. The van der Waals surface area contributed by atoms with E-state index in [1.807, 2.05) is 0 Å². The molecule has 0 bridgehead atoms. The number of anilines is 1. The molecule has 0 atom stereocenters. The smallest absolute Gasteiger partial charge is 0.223 e. The van der Waals surface area contributed by atoms with Gasteiger partial charge in [-0.1, -0.05) is 31.4 Å². The normalized spacial score (nSPS) is 19.5. The first kappa shape index (κ1) is 19.2. The Morgan fingerprint density at radius 2 is 1.85 bits per heavy atom. The van der Waals surface area contributed by atoms with E-state index in [0.717, 1.165) is 58.5 Å². The zero-order valence-electron chi connectivity index (χ0n) is 16.4. The van der Waals surface area contributed by atoms with Crippen LogP contribution in [0.1, 0.15) is 50.5 Å². The third-order valence-corrected chi connectivity index (χ3v) is 5.92. The number of rotatable bonds is 7. The molecule has 0 aromatic heterocycles. The number of piperazine rings is 1. The van der Waals surface area contributed by atoms with Crippen LogP contribution in [0.3, 0.4) is 0 Å². The molecule has 4 heteroatoms. The molecular formula is C22H35N3O. The highest BCUT2D eigenvalue weighted by Gasteiger charge is 2.20. The van der Waals surface area contributed by atoms with Crippen LogP contribution in [0.25, 0.3) is 0 Å². The molecule has 1 heterocycles. The zero-order chi connectivity index (χ0) is 18.2. The van der Waals surface area contributed by atoms with Gasteiger partial charge in [-0.2, -0.15) is 0 Å². The minimum atomic E-state index is 0.290. The molecule has 2 aliphatic rings. The van der Waals surface area contributed by atoms with Crippen LogP contribution in [0.2, 0.25) is 0 Å². The van der Waals surface area contributed by atoms with E-state index in [-0.39, 0.29) is 0 Å². The molecule has 0 radical (unpaired) electrons. The summed E-state index contributed by atoms with van der Waals surface area (Å²) in [5.74, 6) is 0.593. The van der Waals surface area contributed by atoms with Gasteiger partial charge in [-0.15, -0.1) is 0 Å². The van der Waals surface area contributed by atoms with Crippen molar-refractivity contribution < 1.29 is 4.79 Å². The molecule has 1 aromatic carbocycles. The molecule has 1 aliphatic carbocycles. The fourth-order valence-electron chi connectivity index (χ4n) is 4.24. The first-order chi connectivity index (χ1) is 12.7. The third-order valence-electron chi connectivity index (χ3n) is 5.92. The van der Waals surface area contributed by atoms with Gasteiger partial charge < -0.3 is 10.2 Å². The molecular weight excluding hydrogens is 322 g/mol. The molecule has 1 amide bonds. The largest absolute Gasteiger partial charge is 0.369 e. The van der Waals surface area contributed by atoms with Gasteiger partial charge in [-0.3, -0.25) is 9.69 Å². The first-order valence-electron chi connectivity index (χ1n) is 10.5. The Kier molecular flexibility index (Phi) is 7.36. The Labute approximate surface area is 158 Å². The van der Waals surface area contributed by atoms with E-state index in [1.54, 1.807) is 0 Å². The maximum absolute atomic E-state index is 12.1. The van der Waals surface area contributed by atoms with Crippen molar-refractivity contribution in [3.8, 4) is 0 Å². The average Bonchev–Trinajstić information content (AvgIpc) is 2.69. The number of unbranched alkanes of at least 4 members (excludes halogenated alkanes) is 1. The van der Waals surface area contributed by atoms with Gasteiger partial charge in [0.2, 0.25) is 5.91 Å². The van der Waals surface area contributed by atoms with Gasteiger partial charge in [0.1, 0.15) is 0 Å². The maximum Gasteiger partial charge on any atom is 0.223 e. The molecule has 4 nitrogen and oxygen atoms in total. The molecule has 1 aromatic rings. The minimum absolute atomic E-state index is 0.290. The van der Waals surface area contributed by atoms with E-state index in [4.69, 9.17) is 0 Å². The van der Waals surface area contributed by atoms with Gasteiger partial charge in [0.25, 0.3) is 0 Å². The molecule has 0 unspecified atom stereocenters. The summed E-state index contributed by atoms with van der Waals surface area (Å²) < 4.78 is 0. The molecule has 1 saturated carbocycles. The molecule has 3 rings (SSSR count). The highest BCUT2D eigenvalue weighted by Crippen LogP contribution is 2.23. The van der Waals surface area contributed by atoms with Crippen LogP contribution in [-0.4, -0.2) is 50.1 Å². The third kappa shape index (κ3) is 5.73. The molecule has 1 N–H and O–H groups in total. The summed E-state index contributed by atoms with van der Waals surface area (Å²) in [6.45, 7) is 8.67. The van der Waals surface area contributed by atoms with Crippen molar-refractivity contribution in [1.82, 2.24) is 10.2 Å². The predicted molar refractivity (Wildman–Crippen MR) is 109 cm³/mol. The van der Waals surface area contributed by atoms with Crippen molar-refractivity contribution in [3.63, 3.8) is 0 Å². The van der Waals surface area contributed by atoms with Crippen molar-refractivity contribution in [2.45, 2.75) is 51.9 Å². The van der Waals surface area contributed by atoms with E-state index in [9.17, 15) is 4.79 Å². The van der Waals surface area contributed by atoms with Crippen LogP contribution in [0.15, 0.2) is 24.3 Å². The van der Waals surface area contributed by atoms with Crippen LogP contribution in [-0.2, 0) is 4.79 Å². The lowest BCUT2D eigenvalue weighted by Gasteiger charge is -2.36. The van der Waals surface area contributed by atoms with Crippen LogP contribution in [0.5, 0.6) is 0 Å². The Bertz CT molecular complexity index is 560. The van der Waals surface area contributed by atoms with Crippen molar-refractivity contribution in [1.29, 1.82) is 0 Å². The van der Waals surface area contributed by atoms with E-state index in [2.05, 4.69) is 46.3 Å². The number of carbonyl (C=O) groups excluding carboxylic acids is 1. The number of nitrogens with zero attached hydrogens (tertiary/aromatic N) is 2. The Morgan fingerprint density at radius 3 is 2.58 bits per heavy atom. The maximum atomic E-state index is 12.1. The van der Waals surface area contributed by atoms with Crippen LogP contribution in [0.4, 0.5) is 5.69 Å². The fourth-order valence-corrected chi connectivity index (χ4v) is 4.24.